The Morgan fingerprint density at radius 2 is 1.79 bits per heavy atom. The van der Waals surface area contributed by atoms with Crippen LogP contribution in [0, 0.1) is 0 Å². The second kappa shape index (κ2) is 11.1. The summed E-state index contributed by atoms with van der Waals surface area (Å²) in [4.78, 5) is 29.6. The number of hydrogen-bond acceptors (Lipinski definition) is 6. The number of nitrogens with zero attached hydrogens (tertiary/aromatic N) is 2. The highest BCUT2D eigenvalue weighted by Gasteiger charge is 2.51. The Labute approximate surface area is 229 Å². The van der Waals surface area contributed by atoms with E-state index >= 15 is 0 Å². The zero-order valence-corrected chi connectivity index (χ0v) is 23.6. The molecule has 8 nitrogen and oxygen atoms in total. The van der Waals surface area contributed by atoms with Crippen LogP contribution in [0.2, 0.25) is 10.0 Å². The number of ether oxygens (including phenoxy) is 1. The van der Waals surface area contributed by atoms with Crippen LogP contribution in [0.1, 0.15) is 58.9 Å². The summed E-state index contributed by atoms with van der Waals surface area (Å²) >= 11 is 12.4. The number of rotatable bonds is 7. The zero-order chi connectivity index (χ0) is 28.6. The number of alkyl halides is 3. The van der Waals surface area contributed by atoms with Crippen molar-refractivity contribution in [1.82, 2.24) is 9.80 Å². The van der Waals surface area contributed by atoms with Crippen molar-refractivity contribution in [2.45, 2.75) is 83.1 Å². The van der Waals surface area contributed by atoms with E-state index in [4.69, 9.17) is 27.9 Å². The fraction of sp³-hybridized carbons (Fsp3) is 0.583. The second-order valence-electron chi connectivity index (χ2n) is 10.0. The van der Waals surface area contributed by atoms with Crippen molar-refractivity contribution in [1.29, 1.82) is 0 Å². The molecule has 1 aromatic rings. The third-order valence-electron chi connectivity index (χ3n) is 5.95. The molecule has 0 bridgehead atoms. The monoisotopic (exact) mass is 600 g/mol. The highest BCUT2D eigenvalue weighted by Crippen LogP contribution is 2.38. The van der Waals surface area contributed by atoms with Crippen molar-refractivity contribution in [2.75, 3.05) is 6.54 Å². The van der Waals surface area contributed by atoms with Crippen LogP contribution < -0.4 is 0 Å². The third kappa shape index (κ3) is 6.87. The molecule has 1 saturated carbocycles. The van der Waals surface area contributed by atoms with Gasteiger partial charge >= 0.3 is 21.7 Å². The van der Waals surface area contributed by atoms with E-state index in [1.807, 2.05) is 0 Å². The van der Waals surface area contributed by atoms with Gasteiger partial charge < -0.3 is 18.7 Å². The predicted molar refractivity (Wildman–Crippen MR) is 135 cm³/mol. The van der Waals surface area contributed by atoms with E-state index in [9.17, 15) is 31.2 Å². The number of halogens is 5. The van der Waals surface area contributed by atoms with Gasteiger partial charge in [-0.15, -0.1) is 0 Å². The lowest BCUT2D eigenvalue weighted by atomic mass is 9.94. The lowest BCUT2D eigenvalue weighted by molar-refractivity contribution is -0.129. The molecule has 1 aliphatic carbocycles. The first kappa shape index (κ1) is 30.4. The maximum Gasteiger partial charge on any atom is 0.534 e. The Kier molecular flexibility index (Phi) is 8.89. The minimum absolute atomic E-state index is 0.0332. The van der Waals surface area contributed by atoms with Gasteiger partial charge in [-0.3, -0.25) is 4.79 Å². The van der Waals surface area contributed by atoms with E-state index in [0.29, 0.717) is 18.4 Å². The van der Waals surface area contributed by atoms with Crippen LogP contribution in [-0.2, 0) is 30.4 Å². The Hall–Kier alpha value is -2.18. The Bertz CT molecular complexity index is 1230. The molecular formula is C24H29Cl2F3N2O6S. The quantitative estimate of drug-likeness (QED) is 0.280. The summed E-state index contributed by atoms with van der Waals surface area (Å²) < 4.78 is 73.5. The average Bonchev–Trinajstić information content (AvgIpc) is 3.62. The standard InChI is InChI=1S/C24H29Cl2F3N2O6S/c1-5-17-19(21(32)31(15-9-10-15)13-14-7-6-8-16(25)20(14)26)18(37-38(34,35)24(27,28)29)11-12-30(17)22(33)36-23(2,3)4/h6-8,15,17H,5,9-13H2,1-4H3/t17-/m1/s1. The van der Waals surface area contributed by atoms with Crippen LogP contribution in [0.5, 0.6) is 0 Å². The van der Waals surface area contributed by atoms with Crippen molar-refractivity contribution in [3.05, 3.63) is 45.1 Å². The minimum Gasteiger partial charge on any atom is -0.444 e. The molecule has 2 amide bonds. The number of amides is 2. The van der Waals surface area contributed by atoms with Crippen molar-refractivity contribution in [2.24, 2.45) is 0 Å². The first-order chi connectivity index (χ1) is 17.5. The summed E-state index contributed by atoms with van der Waals surface area (Å²) in [5.41, 5.74) is -6.44. The summed E-state index contributed by atoms with van der Waals surface area (Å²) in [7, 11) is -6.07. The molecule has 1 fully saturated rings. The Balaban J connectivity index is 2.09. The molecule has 1 aromatic carbocycles. The van der Waals surface area contributed by atoms with Crippen LogP contribution >= 0.6 is 23.2 Å². The molecule has 0 N–H and O–H groups in total. The van der Waals surface area contributed by atoms with Gasteiger partial charge in [-0.05, 0) is 51.7 Å². The van der Waals surface area contributed by atoms with Gasteiger partial charge in [0, 0.05) is 25.6 Å². The van der Waals surface area contributed by atoms with E-state index < -0.39 is 51.4 Å². The maximum absolute atomic E-state index is 14.0. The predicted octanol–water partition coefficient (Wildman–Crippen LogP) is 6.02. The molecule has 212 valence electrons. The number of carbonyl (C=O) groups is 2. The van der Waals surface area contributed by atoms with Crippen molar-refractivity contribution >= 4 is 45.3 Å². The molecule has 14 heteroatoms. The summed E-state index contributed by atoms with van der Waals surface area (Å²) in [6, 6.07) is 3.51. The molecule has 0 spiro atoms. The molecule has 38 heavy (non-hydrogen) atoms. The normalized spacial score (nSPS) is 18.9. The minimum atomic E-state index is -6.07. The lowest BCUT2D eigenvalue weighted by Gasteiger charge is -2.39. The molecule has 0 radical (unpaired) electrons. The topological polar surface area (TPSA) is 93.2 Å². The summed E-state index contributed by atoms with van der Waals surface area (Å²) in [5.74, 6) is -1.40. The van der Waals surface area contributed by atoms with Gasteiger partial charge in [0.25, 0.3) is 5.91 Å². The van der Waals surface area contributed by atoms with Gasteiger partial charge in [0.1, 0.15) is 11.4 Å². The van der Waals surface area contributed by atoms with Gasteiger partial charge in [-0.1, -0.05) is 42.3 Å². The van der Waals surface area contributed by atoms with Crippen LogP contribution in [0.25, 0.3) is 0 Å². The third-order valence-corrected chi connectivity index (χ3v) is 7.79. The molecule has 2 aliphatic rings. The molecule has 1 atom stereocenters. The van der Waals surface area contributed by atoms with Gasteiger partial charge in [0.05, 0.1) is 21.7 Å². The number of carbonyl (C=O) groups excluding carboxylic acids is 2. The maximum atomic E-state index is 14.0. The number of hydrogen-bond donors (Lipinski definition) is 0. The number of benzene rings is 1. The van der Waals surface area contributed by atoms with Gasteiger partial charge in [-0.25, -0.2) is 4.79 Å². The summed E-state index contributed by atoms with van der Waals surface area (Å²) in [6.45, 7) is 6.31. The van der Waals surface area contributed by atoms with Crippen molar-refractivity contribution < 1.29 is 40.1 Å². The highest BCUT2D eigenvalue weighted by atomic mass is 35.5. The van der Waals surface area contributed by atoms with Crippen LogP contribution in [-0.4, -0.2) is 60.0 Å². The largest absolute Gasteiger partial charge is 0.534 e. The summed E-state index contributed by atoms with van der Waals surface area (Å²) in [6.07, 6.45) is 0.100. The first-order valence-corrected chi connectivity index (χ1v) is 14.1. The molecule has 1 aliphatic heterocycles. The lowest BCUT2D eigenvalue weighted by Crippen LogP contribution is -2.51. The van der Waals surface area contributed by atoms with Crippen LogP contribution in [0.4, 0.5) is 18.0 Å². The van der Waals surface area contributed by atoms with Crippen molar-refractivity contribution in [3.8, 4) is 0 Å². The molecule has 3 rings (SSSR count). The van der Waals surface area contributed by atoms with Crippen LogP contribution in [0.3, 0.4) is 0 Å². The Morgan fingerprint density at radius 1 is 1.16 bits per heavy atom. The van der Waals surface area contributed by atoms with Gasteiger partial charge in [-0.2, -0.15) is 21.6 Å². The van der Waals surface area contributed by atoms with E-state index in [0.717, 1.165) is 0 Å². The van der Waals surface area contributed by atoms with Gasteiger partial charge in [0.2, 0.25) is 0 Å². The van der Waals surface area contributed by atoms with E-state index in [-0.39, 0.29) is 41.2 Å². The average molecular weight is 601 g/mol. The molecule has 0 aromatic heterocycles. The van der Waals surface area contributed by atoms with E-state index in [2.05, 4.69) is 4.18 Å². The fourth-order valence-corrected chi connectivity index (χ4v) is 5.02. The second-order valence-corrected chi connectivity index (χ2v) is 12.4. The SMILES string of the molecule is CC[C@@H]1C(C(=O)N(Cc2cccc(Cl)c2Cl)C2CC2)=C(OS(=O)(=O)C(F)(F)F)CCN1C(=O)OC(C)(C)C. The van der Waals surface area contributed by atoms with Crippen molar-refractivity contribution in [3.63, 3.8) is 0 Å². The molecular weight excluding hydrogens is 572 g/mol. The first-order valence-electron chi connectivity index (χ1n) is 11.9. The molecule has 1 heterocycles. The van der Waals surface area contributed by atoms with E-state index in [1.165, 1.54) is 9.80 Å². The smallest absolute Gasteiger partial charge is 0.444 e. The highest BCUT2D eigenvalue weighted by molar-refractivity contribution is 7.87. The van der Waals surface area contributed by atoms with E-state index in [1.54, 1.807) is 45.9 Å². The molecule has 0 unspecified atom stereocenters. The van der Waals surface area contributed by atoms with Gasteiger partial charge in [0.15, 0.2) is 0 Å². The summed E-state index contributed by atoms with van der Waals surface area (Å²) in [5, 5.41) is 0.468. The van der Waals surface area contributed by atoms with Crippen LogP contribution in [0.15, 0.2) is 29.5 Å². The zero-order valence-electron chi connectivity index (χ0n) is 21.3. The Morgan fingerprint density at radius 3 is 2.32 bits per heavy atom. The molecule has 0 saturated heterocycles. The fourth-order valence-electron chi connectivity index (χ4n) is 4.11.